The van der Waals surface area contributed by atoms with Gasteiger partial charge in [-0.05, 0) is 95.7 Å². The van der Waals surface area contributed by atoms with Crippen LogP contribution in [0.1, 0.15) is 70.0 Å². The predicted octanol–water partition coefficient (Wildman–Crippen LogP) is 6.89. The zero-order valence-electron chi connectivity index (χ0n) is 23.1. The van der Waals surface area contributed by atoms with E-state index in [1.54, 1.807) is 37.8 Å². The summed E-state index contributed by atoms with van der Waals surface area (Å²) >= 11 is 3.54. The fourth-order valence-electron chi connectivity index (χ4n) is 6.39. The Kier molecular flexibility index (Phi) is 6.68. The number of piperidine rings is 2. The summed E-state index contributed by atoms with van der Waals surface area (Å²) in [6, 6.07) is 12.8. The van der Waals surface area contributed by atoms with Crippen molar-refractivity contribution in [2.75, 3.05) is 6.61 Å². The molecule has 0 spiro atoms. The molecule has 210 valence electrons. The van der Waals surface area contributed by atoms with E-state index in [1.165, 1.54) is 0 Å². The van der Waals surface area contributed by atoms with Gasteiger partial charge in [-0.25, -0.2) is 9.59 Å². The fourth-order valence-corrected chi connectivity index (χ4v) is 6.76. The van der Waals surface area contributed by atoms with Crippen molar-refractivity contribution in [2.24, 2.45) is 5.92 Å². The van der Waals surface area contributed by atoms with Crippen LogP contribution in [0.5, 0.6) is 5.75 Å². The van der Waals surface area contributed by atoms with Crippen LogP contribution in [0, 0.1) is 5.92 Å². The normalized spacial score (nSPS) is 23.3. The lowest BCUT2D eigenvalue weighted by Crippen LogP contribution is -2.61. The van der Waals surface area contributed by atoms with Gasteiger partial charge < -0.3 is 18.8 Å². The van der Waals surface area contributed by atoms with Crippen LogP contribution >= 0.6 is 15.9 Å². The number of esters is 1. The van der Waals surface area contributed by atoms with Crippen LogP contribution in [0.25, 0.3) is 22.2 Å². The van der Waals surface area contributed by atoms with Gasteiger partial charge in [0, 0.05) is 27.0 Å². The number of amides is 1. The summed E-state index contributed by atoms with van der Waals surface area (Å²) in [6.07, 6.45) is 2.63. The SMILES string of the molecule is CC1Oc2cc(C(=O)COC(=O)C3C4CCC(CC4)N3C(=O)OC(C)(C)C)ccc2-c2cc3cc(Br)ccc3n21. The first kappa shape index (κ1) is 26.9. The minimum absolute atomic E-state index is 0.00568. The molecule has 0 radical (unpaired) electrons. The molecule has 3 fully saturated rings. The smallest absolute Gasteiger partial charge is 0.411 e. The van der Waals surface area contributed by atoms with Gasteiger partial charge in [0.1, 0.15) is 17.4 Å². The van der Waals surface area contributed by atoms with E-state index in [9.17, 15) is 14.4 Å². The molecular weight excluding hydrogens is 576 g/mol. The highest BCUT2D eigenvalue weighted by molar-refractivity contribution is 9.10. The van der Waals surface area contributed by atoms with Gasteiger partial charge in [-0.2, -0.15) is 0 Å². The van der Waals surface area contributed by atoms with E-state index >= 15 is 0 Å². The van der Waals surface area contributed by atoms with E-state index in [1.807, 2.05) is 19.1 Å². The highest BCUT2D eigenvalue weighted by Crippen LogP contribution is 2.43. The Morgan fingerprint density at radius 2 is 1.77 bits per heavy atom. The minimum Gasteiger partial charge on any atom is -0.470 e. The topological polar surface area (TPSA) is 87.1 Å². The first-order valence-corrected chi connectivity index (χ1v) is 14.6. The summed E-state index contributed by atoms with van der Waals surface area (Å²) < 4.78 is 20.5. The number of benzene rings is 2. The Morgan fingerprint density at radius 3 is 2.50 bits per heavy atom. The van der Waals surface area contributed by atoms with Gasteiger partial charge in [0.2, 0.25) is 0 Å². The molecule has 2 saturated heterocycles. The summed E-state index contributed by atoms with van der Waals surface area (Å²) in [4.78, 5) is 41.0. The maximum absolute atomic E-state index is 13.3. The van der Waals surface area contributed by atoms with Crippen LogP contribution in [-0.4, -0.2) is 51.6 Å². The van der Waals surface area contributed by atoms with Crippen molar-refractivity contribution in [3.63, 3.8) is 0 Å². The van der Waals surface area contributed by atoms with Gasteiger partial charge in [-0.1, -0.05) is 22.0 Å². The van der Waals surface area contributed by atoms with E-state index < -0.39 is 30.3 Å². The molecule has 7 rings (SSSR count). The van der Waals surface area contributed by atoms with Gasteiger partial charge in [0.05, 0.1) is 11.2 Å². The number of carbonyl (C=O) groups excluding carboxylic acids is 3. The maximum atomic E-state index is 13.3. The number of fused-ring (bicyclic) bond motifs is 8. The lowest BCUT2D eigenvalue weighted by atomic mass is 9.75. The monoisotopic (exact) mass is 608 g/mol. The van der Waals surface area contributed by atoms with E-state index in [4.69, 9.17) is 14.2 Å². The van der Waals surface area contributed by atoms with Crippen molar-refractivity contribution >= 4 is 44.7 Å². The molecule has 1 saturated carbocycles. The first-order valence-electron chi connectivity index (χ1n) is 13.8. The van der Waals surface area contributed by atoms with Crippen LogP contribution in [0.15, 0.2) is 46.9 Å². The molecule has 1 aliphatic carbocycles. The van der Waals surface area contributed by atoms with Crippen molar-refractivity contribution in [1.29, 1.82) is 0 Å². The molecule has 40 heavy (non-hydrogen) atoms. The van der Waals surface area contributed by atoms with E-state index in [2.05, 4.69) is 38.7 Å². The third-order valence-electron chi connectivity index (χ3n) is 8.11. The number of rotatable bonds is 4. The number of carbonyl (C=O) groups is 3. The van der Waals surface area contributed by atoms with Crippen molar-refractivity contribution in [1.82, 2.24) is 9.47 Å². The summed E-state index contributed by atoms with van der Waals surface area (Å²) in [7, 11) is 0. The molecular formula is C31H33BrN2O6. The molecule has 3 aromatic rings. The van der Waals surface area contributed by atoms with E-state index in [-0.39, 0.29) is 24.0 Å². The molecule has 1 amide bonds. The van der Waals surface area contributed by atoms with Gasteiger partial charge in [0.25, 0.3) is 0 Å². The highest BCUT2D eigenvalue weighted by atomic mass is 79.9. The molecule has 2 bridgehead atoms. The second-order valence-electron chi connectivity index (χ2n) is 12.0. The summed E-state index contributed by atoms with van der Waals surface area (Å²) in [5.74, 6) is -0.259. The Balaban J connectivity index is 1.18. The molecule has 0 N–H and O–H groups in total. The van der Waals surface area contributed by atoms with Crippen molar-refractivity contribution in [3.05, 3.63) is 52.5 Å². The Bertz CT molecular complexity index is 1510. The maximum Gasteiger partial charge on any atom is 0.411 e. The zero-order valence-corrected chi connectivity index (χ0v) is 24.7. The molecule has 2 atom stereocenters. The molecule has 8 nitrogen and oxygen atoms in total. The van der Waals surface area contributed by atoms with Gasteiger partial charge in [-0.15, -0.1) is 0 Å². The summed E-state index contributed by atoms with van der Waals surface area (Å²) in [5, 5.41) is 1.09. The number of hydrogen-bond acceptors (Lipinski definition) is 6. The summed E-state index contributed by atoms with van der Waals surface area (Å²) in [6.45, 7) is 6.98. The fraction of sp³-hybridized carbons (Fsp3) is 0.452. The molecule has 2 unspecified atom stereocenters. The predicted molar refractivity (Wildman–Crippen MR) is 153 cm³/mol. The van der Waals surface area contributed by atoms with E-state index in [0.29, 0.717) is 11.3 Å². The number of ether oxygens (including phenoxy) is 3. The summed E-state index contributed by atoms with van der Waals surface area (Å²) in [5.41, 5.74) is 2.71. The number of Topliss-reactive ketones (excluding diaryl/α,β-unsaturated/α-hetero) is 1. The van der Waals surface area contributed by atoms with Crippen molar-refractivity contribution in [3.8, 4) is 17.0 Å². The Morgan fingerprint density at radius 1 is 1.02 bits per heavy atom. The third-order valence-corrected chi connectivity index (χ3v) is 8.61. The largest absolute Gasteiger partial charge is 0.470 e. The Hall–Kier alpha value is -3.33. The quantitative estimate of drug-likeness (QED) is 0.237. The van der Waals surface area contributed by atoms with Crippen LogP contribution in [-0.2, 0) is 14.3 Å². The third kappa shape index (κ3) is 4.78. The standard InChI is InChI=1S/C31H33BrN2O6/c1-17-33-24-12-8-21(32)13-20(24)14-25(33)23-11-7-19(15-27(23)39-17)26(35)16-38-29(36)28-18-5-9-22(10-6-18)34(28)30(37)40-31(2,3)4/h7-8,11-15,17-18,22,28H,5-6,9-10,16H2,1-4H3. The van der Waals surface area contributed by atoms with Gasteiger partial charge in [-0.3, -0.25) is 9.69 Å². The van der Waals surface area contributed by atoms with Crippen LogP contribution < -0.4 is 4.74 Å². The molecule has 4 aliphatic rings. The second kappa shape index (κ2) is 9.94. The lowest BCUT2D eigenvalue weighted by Gasteiger charge is -2.49. The first-order chi connectivity index (χ1) is 19.0. The molecule has 4 heterocycles. The molecule has 2 aromatic carbocycles. The van der Waals surface area contributed by atoms with Crippen LogP contribution in [0.2, 0.25) is 0 Å². The number of ketones is 1. The minimum atomic E-state index is -0.732. The average Bonchev–Trinajstić information content (AvgIpc) is 3.29. The lowest BCUT2D eigenvalue weighted by molar-refractivity contribution is -0.157. The number of aromatic nitrogens is 1. The Labute approximate surface area is 241 Å². The van der Waals surface area contributed by atoms with Gasteiger partial charge >= 0.3 is 12.1 Å². The molecule has 9 heteroatoms. The number of nitrogens with zero attached hydrogens (tertiary/aromatic N) is 2. The second-order valence-corrected chi connectivity index (χ2v) is 12.9. The highest BCUT2D eigenvalue weighted by Gasteiger charge is 2.49. The van der Waals surface area contributed by atoms with Crippen molar-refractivity contribution < 1.29 is 28.6 Å². The average molecular weight is 610 g/mol. The van der Waals surface area contributed by atoms with Gasteiger partial charge in [0.15, 0.2) is 18.6 Å². The molecule has 1 aromatic heterocycles. The zero-order chi connectivity index (χ0) is 28.3. The van der Waals surface area contributed by atoms with Crippen LogP contribution in [0.4, 0.5) is 4.79 Å². The number of hydrogen-bond donors (Lipinski definition) is 0. The molecule has 3 aliphatic heterocycles. The van der Waals surface area contributed by atoms with Crippen molar-refractivity contribution in [2.45, 2.75) is 77.3 Å². The van der Waals surface area contributed by atoms with Crippen LogP contribution in [0.3, 0.4) is 0 Å². The van der Waals surface area contributed by atoms with E-state index in [0.717, 1.165) is 52.3 Å². The number of halogens is 1.